The zero-order valence-corrected chi connectivity index (χ0v) is 3.91. The molecule has 4 heavy (non-hydrogen) atoms. The van der Waals surface area contributed by atoms with Gasteiger partial charge >= 0.3 is 0 Å². The summed E-state index contributed by atoms with van der Waals surface area (Å²) in [6.07, 6.45) is 1.24. The molecule has 1 atom stereocenters. The molecule has 0 heterocycles. The first kappa shape index (κ1) is 4.43. The van der Waals surface area contributed by atoms with Crippen LogP contribution in [0.4, 0.5) is 0 Å². The highest BCUT2D eigenvalue weighted by Crippen LogP contribution is 1.99. The van der Waals surface area contributed by atoms with Gasteiger partial charge in [-0.3, -0.25) is 0 Å². The second-order valence-corrected chi connectivity index (χ2v) is 1.81. The normalized spacial score (nSPS) is 10.5. The van der Waals surface area contributed by atoms with Crippen molar-refractivity contribution in [2.75, 3.05) is 6.16 Å². The Morgan fingerprint density at radius 3 is 2.25 bits per heavy atom. The van der Waals surface area contributed by atoms with E-state index in [0.717, 1.165) is 8.58 Å². The van der Waals surface area contributed by atoms with Gasteiger partial charge in [-0.25, -0.2) is 0 Å². The lowest BCUT2D eigenvalue weighted by Crippen LogP contribution is -1.44. The fraction of sp³-hybridized carbons (Fsp3) is 0.667. The summed E-state index contributed by atoms with van der Waals surface area (Å²) in [7, 11) is 0.890. The van der Waals surface area contributed by atoms with Crippen LogP contribution in [0.5, 0.6) is 0 Å². The van der Waals surface area contributed by atoms with Crippen molar-refractivity contribution in [3.8, 4) is 0 Å². The van der Waals surface area contributed by atoms with Gasteiger partial charge in [0.25, 0.3) is 0 Å². The molecule has 0 aliphatic heterocycles. The van der Waals surface area contributed by atoms with E-state index in [1.54, 1.807) is 0 Å². The van der Waals surface area contributed by atoms with Crippen LogP contribution in [0.1, 0.15) is 6.92 Å². The Bertz CT molecular complexity index is 5.25. The quantitative estimate of drug-likeness (QED) is 0.414. The van der Waals surface area contributed by atoms with Crippen molar-refractivity contribution in [1.29, 1.82) is 0 Å². The van der Waals surface area contributed by atoms with Gasteiger partial charge in [-0.05, 0) is 12.8 Å². The van der Waals surface area contributed by atoms with Crippen LogP contribution < -0.4 is 0 Å². The van der Waals surface area contributed by atoms with E-state index in [9.17, 15) is 0 Å². The van der Waals surface area contributed by atoms with Crippen LogP contribution in [0, 0.1) is 6.66 Å². The van der Waals surface area contributed by atoms with Crippen LogP contribution in [0.15, 0.2) is 0 Å². The van der Waals surface area contributed by atoms with Crippen LogP contribution in [0.3, 0.4) is 0 Å². The number of hydrogen-bond acceptors (Lipinski definition) is 0. The maximum Gasteiger partial charge on any atom is -0.0316 e. The maximum absolute atomic E-state index is 3.63. The molecule has 0 N–H and O–H groups in total. The van der Waals surface area contributed by atoms with Gasteiger partial charge in [-0.2, -0.15) is 0 Å². The minimum Gasteiger partial charge on any atom is -0.122 e. The topological polar surface area (TPSA) is 0 Å². The predicted octanol–water partition coefficient (Wildman–Crippen LogP) is 1.48. The third-order valence-corrected chi connectivity index (χ3v) is 0.750. The Morgan fingerprint density at radius 2 is 2.25 bits per heavy atom. The average Bonchev–Trinajstić information content (AvgIpc) is 1.37. The molecule has 1 unspecified atom stereocenters. The van der Waals surface area contributed by atoms with Crippen LogP contribution in [-0.2, 0) is 0 Å². The fourth-order valence-electron chi connectivity index (χ4n) is 0. The fourth-order valence-corrected chi connectivity index (χ4v) is 0. The highest BCUT2D eigenvalue weighted by molar-refractivity contribution is 7.39. The maximum atomic E-state index is 3.63. The van der Waals surface area contributed by atoms with Crippen molar-refractivity contribution in [2.24, 2.45) is 0 Å². The lowest BCUT2D eigenvalue weighted by atomic mass is 11.0. The van der Waals surface area contributed by atoms with E-state index in [1.165, 1.54) is 6.16 Å². The van der Waals surface area contributed by atoms with Gasteiger partial charge in [0, 0.05) is 0 Å². The van der Waals surface area contributed by atoms with E-state index in [-0.39, 0.29) is 0 Å². The van der Waals surface area contributed by atoms with Crippen molar-refractivity contribution in [3.05, 3.63) is 6.66 Å². The molecule has 0 aliphatic rings. The Kier molecular flexibility index (Phi) is 3.80. The smallest absolute Gasteiger partial charge is 0.0316 e. The largest absolute Gasteiger partial charge is 0.122 e. The molecule has 0 bridgehead atoms. The molecule has 0 rings (SSSR count). The van der Waals surface area contributed by atoms with E-state index in [1.807, 2.05) is 0 Å². The van der Waals surface area contributed by atoms with Crippen LogP contribution in [-0.4, -0.2) is 6.16 Å². The SMILES string of the molecule is [CH2]PCC. The van der Waals surface area contributed by atoms with Gasteiger partial charge in [0.1, 0.15) is 0 Å². The van der Waals surface area contributed by atoms with E-state index < -0.39 is 0 Å². The molecule has 0 fully saturated rings. The lowest BCUT2D eigenvalue weighted by Gasteiger charge is -1.69. The molecule has 25 valence electrons. The number of hydrogen-bond donors (Lipinski definition) is 0. The Balaban J connectivity index is 1.97. The van der Waals surface area contributed by atoms with Crippen molar-refractivity contribution in [2.45, 2.75) is 6.92 Å². The highest BCUT2D eigenvalue weighted by atomic mass is 31.1. The lowest BCUT2D eigenvalue weighted by molar-refractivity contribution is 1.52. The third kappa shape index (κ3) is 2.43. The molecular weight excluding hydrogens is 67.0 g/mol. The van der Waals surface area contributed by atoms with E-state index in [0.29, 0.717) is 0 Å². The van der Waals surface area contributed by atoms with Gasteiger partial charge in [0.15, 0.2) is 0 Å². The first-order valence-corrected chi connectivity index (χ1v) is 2.83. The summed E-state index contributed by atoms with van der Waals surface area (Å²) < 4.78 is 0. The minimum absolute atomic E-state index is 0.890. The Hall–Kier alpha value is 0.430. The summed E-state index contributed by atoms with van der Waals surface area (Å²) in [6, 6.07) is 0. The van der Waals surface area contributed by atoms with Gasteiger partial charge in [0.2, 0.25) is 0 Å². The van der Waals surface area contributed by atoms with Crippen LogP contribution in [0.25, 0.3) is 0 Å². The minimum atomic E-state index is 0.890. The van der Waals surface area contributed by atoms with E-state index >= 15 is 0 Å². The molecule has 0 aromatic carbocycles. The summed E-state index contributed by atoms with van der Waals surface area (Å²) in [4.78, 5) is 0. The van der Waals surface area contributed by atoms with E-state index in [2.05, 4.69) is 13.6 Å². The molecule has 0 amide bonds. The molecule has 0 aliphatic carbocycles. The standard InChI is InChI=1S/C3H8P/c1-3-4-2/h4H,2-3H2,1H3. The molecule has 0 saturated heterocycles. The molecule has 1 radical (unpaired) electrons. The molecule has 0 saturated carbocycles. The summed E-state index contributed by atoms with van der Waals surface area (Å²) in [5.74, 6) is 0. The summed E-state index contributed by atoms with van der Waals surface area (Å²) >= 11 is 0. The molecule has 0 spiro atoms. The average molecular weight is 75.1 g/mol. The Labute approximate surface area is 29.4 Å². The summed E-state index contributed by atoms with van der Waals surface area (Å²) in [6.45, 7) is 5.76. The van der Waals surface area contributed by atoms with Crippen LogP contribution in [0.2, 0.25) is 0 Å². The zero-order valence-electron chi connectivity index (χ0n) is 2.91. The molecular formula is C3H8P. The summed E-state index contributed by atoms with van der Waals surface area (Å²) in [5.41, 5.74) is 0. The third-order valence-electron chi connectivity index (χ3n) is 0.250. The van der Waals surface area contributed by atoms with Gasteiger partial charge < -0.3 is 0 Å². The summed E-state index contributed by atoms with van der Waals surface area (Å²) in [5, 5.41) is 0. The van der Waals surface area contributed by atoms with Gasteiger partial charge in [0.05, 0.1) is 0 Å². The first-order valence-electron chi connectivity index (χ1n) is 1.41. The first-order chi connectivity index (χ1) is 1.91. The predicted molar refractivity (Wildman–Crippen MR) is 24.2 cm³/mol. The van der Waals surface area contributed by atoms with Crippen molar-refractivity contribution in [3.63, 3.8) is 0 Å². The van der Waals surface area contributed by atoms with Crippen molar-refractivity contribution in [1.82, 2.24) is 0 Å². The van der Waals surface area contributed by atoms with Crippen molar-refractivity contribution >= 4 is 8.58 Å². The second kappa shape index (κ2) is 3.43. The molecule has 1 heteroatoms. The second-order valence-electron chi connectivity index (χ2n) is 0.604. The highest BCUT2D eigenvalue weighted by Gasteiger charge is 1.55. The molecule has 0 aromatic heterocycles. The molecule has 0 aromatic rings. The number of rotatable bonds is 1. The monoisotopic (exact) mass is 75.0 g/mol. The van der Waals surface area contributed by atoms with Gasteiger partial charge in [-0.1, -0.05) is 6.92 Å². The van der Waals surface area contributed by atoms with Crippen LogP contribution >= 0.6 is 8.58 Å². The zero-order chi connectivity index (χ0) is 3.41. The van der Waals surface area contributed by atoms with Gasteiger partial charge in [-0.15, -0.1) is 8.58 Å². The van der Waals surface area contributed by atoms with E-state index in [4.69, 9.17) is 0 Å². The van der Waals surface area contributed by atoms with Crippen molar-refractivity contribution < 1.29 is 0 Å². The molecule has 0 nitrogen and oxygen atoms in total. The Morgan fingerprint density at radius 1 is 2.00 bits per heavy atom.